The number of carboxylic acids is 1. The SMILES string of the molecule is CC(C)(C)n1ccnc(NC2(CC(=O)O)CCC2)c1=O. The average Bonchev–Trinajstić information content (AvgIpc) is 2.26. The summed E-state index contributed by atoms with van der Waals surface area (Å²) in [6.45, 7) is 5.82. The van der Waals surface area contributed by atoms with Gasteiger partial charge in [-0.25, -0.2) is 4.98 Å². The van der Waals surface area contributed by atoms with Crippen LogP contribution >= 0.6 is 0 Å². The van der Waals surface area contributed by atoms with Crippen molar-refractivity contribution in [3.05, 3.63) is 22.7 Å². The standard InChI is InChI=1S/C14H21N3O3/c1-13(2,3)17-8-7-15-11(12(17)20)16-14(5-4-6-14)9-10(18)19/h7-8H,4-6,9H2,1-3H3,(H,15,16)(H,18,19). The first kappa shape index (κ1) is 14.6. The fourth-order valence-electron chi connectivity index (χ4n) is 2.52. The van der Waals surface area contributed by atoms with Gasteiger partial charge in [0.15, 0.2) is 5.82 Å². The lowest BCUT2D eigenvalue weighted by Gasteiger charge is -2.41. The van der Waals surface area contributed by atoms with Gasteiger partial charge < -0.3 is 15.0 Å². The molecule has 0 radical (unpaired) electrons. The Kier molecular flexibility index (Phi) is 3.58. The highest BCUT2D eigenvalue weighted by Crippen LogP contribution is 2.37. The molecule has 2 rings (SSSR count). The second kappa shape index (κ2) is 4.92. The maximum Gasteiger partial charge on any atom is 0.305 e. The van der Waals surface area contributed by atoms with Crippen molar-refractivity contribution in [1.29, 1.82) is 0 Å². The monoisotopic (exact) mass is 279 g/mol. The Morgan fingerprint density at radius 2 is 2.15 bits per heavy atom. The minimum Gasteiger partial charge on any atom is -0.481 e. The Morgan fingerprint density at radius 1 is 1.50 bits per heavy atom. The summed E-state index contributed by atoms with van der Waals surface area (Å²) >= 11 is 0. The maximum atomic E-state index is 12.4. The lowest BCUT2D eigenvalue weighted by atomic mass is 9.74. The van der Waals surface area contributed by atoms with Gasteiger partial charge in [0.05, 0.1) is 6.42 Å². The highest BCUT2D eigenvalue weighted by Gasteiger charge is 2.40. The minimum absolute atomic E-state index is 0.0124. The van der Waals surface area contributed by atoms with Crippen LogP contribution < -0.4 is 10.9 Å². The number of hydrogen-bond donors (Lipinski definition) is 2. The van der Waals surface area contributed by atoms with Crippen molar-refractivity contribution >= 4 is 11.8 Å². The van der Waals surface area contributed by atoms with Gasteiger partial charge in [-0.2, -0.15) is 0 Å². The van der Waals surface area contributed by atoms with E-state index in [0.29, 0.717) is 0 Å². The number of nitrogens with zero attached hydrogens (tertiary/aromatic N) is 2. The van der Waals surface area contributed by atoms with Gasteiger partial charge in [-0.3, -0.25) is 9.59 Å². The molecular weight excluding hydrogens is 258 g/mol. The van der Waals surface area contributed by atoms with Gasteiger partial charge in [0.1, 0.15) is 0 Å². The Morgan fingerprint density at radius 3 is 2.60 bits per heavy atom. The second-order valence-electron chi connectivity index (χ2n) is 6.45. The number of carboxylic acid groups (broad SMARTS) is 1. The van der Waals surface area contributed by atoms with Gasteiger partial charge in [-0.1, -0.05) is 0 Å². The summed E-state index contributed by atoms with van der Waals surface area (Å²) in [5.74, 6) is -0.618. The molecule has 1 aromatic rings. The first-order valence-corrected chi connectivity index (χ1v) is 6.82. The number of nitrogens with one attached hydrogen (secondary N) is 1. The molecule has 0 amide bonds. The van der Waals surface area contributed by atoms with Crippen LogP contribution in [-0.2, 0) is 10.3 Å². The van der Waals surface area contributed by atoms with Crippen LogP contribution in [0.2, 0.25) is 0 Å². The van der Waals surface area contributed by atoms with Gasteiger partial charge >= 0.3 is 5.97 Å². The first-order chi connectivity index (χ1) is 9.23. The van der Waals surface area contributed by atoms with Crippen molar-refractivity contribution < 1.29 is 9.90 Å². The molecule has 1 saturated carbocycles. The number of carbonyl (C=O) groups is 1. The fourth-order valence-corrected chi connectivity index (χ4v) is 2.52. The highest BCUT2D eigenvalue weighted by molar-refractivity contribution is 5.69. The predicted octanol–water partition coefficient (Wildman–Crippen LogP) is 1.81. The van der Waals surface area contributed by atoms with Crippen LogP contribution in [0.25, 0.3) is 0 Å². The Bertz CT molecular complexity index is 568. The molecule has 1 aromatic heterocycles. The molecule has 0 spiro atoms. The summed E-state index contributed by atoms with van der Waals surface area (Å²) in [6.07, 6.45) is 5.72. The summed E-state index contributed by atoms with van der Waals surface area (Å²) < 4.78 is 1.61. The number of aromatic nitrogens is 2. The van der Waals surface area contributed by atoms with Crippen LogP contribution in [0.4, 0.5) is 5.82 Å². The topological polar surface area (TPSA) is 84.2 Å². The molecule has 2 N–H and O–H groups in total. The Hall–Kier alpha value is -1.85. The Labute approximate surface area is 117 Å². The van der Waals surface area contributed by atoms with Crippen LogP contribution in [0, 0.1) is 0 Å². The molecule has 0 atom stereocenters. The Balaban J connectivity index is 2.30. The molecule has 6 heteroatoms. The molecular formula is C14H21N3O3. The zero-order chi connectivity index (χ0) is 15.0. The zero-order valence-corrected chi connectivity index (χ0v) is 12.1. The molecule has 0 unspecified atom stereocenters. The van der Waals surface area contributed by atoms with Crippen molar-refractivity contribution in [2.45, 2.75) is 57.5 Å². The van der Waals surface area contributed by atoms with Gasteiger partial charge in [-0.05, 0) is 40.0 Å². The molecule has 6 nitrogen and oxygen atoms in total. The maximum absolute atomic E-state index is 12.4. The lowest BCUT2D eigenvalue weighted by Crippen LogP contribution is -2.49. The highest BCUT2D eigenvalue weighted by atomic mass is 16.4. The largest absolute Gasteiger partial charge is 0.481 e. The molecule has 1 aliphatic rings. The quantitative estimate of drug-likeness (QED) is 0.878. The van der Waals surface area contributed by atoms with E-state index in [1.54, 1.807) is 17.0 Å². The molecule has 110 valence electrons. The molecule has 0 aromatic carbocycles. The van der Waals surface area contributed by atoms with E-state index >= 15 is 0 Å². The molecule has 0 bridgehead atoms. The number of rotatable bonds is 4. The first-order valence-electron chi connectivity index (χ1n) is 6.82. The van der Waals surface area contributed by atoms with Crippen LogP contribution in [0.3, 0.4) is 0 Å². The van der Waals surface area contributed by atoms with Crippen LogP contribution in [0.15, 0.2) is 17.2 Å². The summed E-state index contributed by atoms with van der Waals surface area (Å²) in [6, 6.07) is 0. The summed E-state index contributed by atoms with van der Waals surface area (Å²) in [4.78, 5) is 27.5. The van der Waals surface area contributed by atoms with Crippen molar-refractivity contribution in [1.82, 2.24) is 9.55 Å². The van der Waals surface area contributed by atoms with E-state index in [1.807, 2.05) is 20.8 Å². The third-order valence-corrected chi connectivity index (χ3v) is 3.75. The molecule has 1 aliphatic carbocycles. The van der Waals surface area contributed by atoms with E-state index < -0.39 is 11.5 Å². The molecule has 0 aliphatic heterocycles. The van der Waals surface area contributed by atoms with Crippen molar-refractivity contribution in [2.24, 2.45) is 0 Å². The van der Waals surface area contributed by atoms with Crippen LogP contribution in [0.1, 0.15) is 46.5 Å². The van der Waals surface area contributed by atoms with E-state index in [0.717, 1.165) is 19.3 Å². The van der Waals surface area contributed by atoms with Crippen LogP contribution in [0.5, 0.6) is 0 Å². The molecule has 0 saturated heterocycles. The van der Waals surface area contributed by atoms with Gasteiger partial charge in [-0.15, -0.1) is 0 Å². The van der Waals surface area contributed by atoms with Gasteiger partial charge in [0, 0.05) is 23.5 Å². The van der Waals surface area contributed by atoms with E-state index in [2.05, 4.69) is 10.3 Å². The van der Waals surface area contributed by atoms with Gasteiger partial charge in [0.2, 0.25) is 0 Å². The number of hydrogen-bond acceptors (Lipinski definition) is 4. The minimum atomic E-state index is -0.857. The third kappa shape index (κ3) is 2.84. The lowest BCUT2D eigenvalue weighted by molar-refractivity contribution is -0.138. The van der Waals surface area contributed by atoms with Gasteiger partial charge in [0.25, 0.3) is 5.56 Å². The number of anilines is 1. The second-order valence-corrected chi connectivity index (χ2v) is 6.45. The molecule has 20 heavy (non-hydrogen) atoms. The van der Waals surface area contributed by atoms with E-state index in [-0.39, 0.29) is 23.3 Å². The fraction of sp³-hybridized carbons (Fsp3) is 0.643. The predicted molar refractivity (Wildman–Crippen MR) is 76.0 cm³/mol. The number of aliphatic carboxylic acids is 1. The van der Waals surface area contributed by atoms with E-state index in [1.165, 1.54) is 0 Å². The van der Waals surface area contributed by atoms with Crippen molar-refractivity contribution in [2.75, 3.05) is 5.32 Å². The summed E-state index contributed by atoms with van der Waals surface area (Å²) in [7, 11) is 0. The summed E-state index contributed by atoms with van der Waals surface area (Å²) in [5.41, 5.74) is -1.07. The molecule has 1 heterocycles. The smallest absolute Gasteiger partial charge is 0.305 e. The third-order valence-electron chi connectivity index (χ3n) is 3.75. The summed E-state index contributed by atoms with van der Waals surface area (Å²) in [5, 5.41) is 12.1. The molecule has 1 fully saturated rings. The zero-order valence-electron chi connectivity index (χ0n) is 12.1. The van der Waals surface area contributed by atoms with E-state index in [4.69, 9.17) is 5.11 Å². The van der Waals surface area contributed by atoms with E-state index in [9.17, 15) is 9.59 Å². The normalized spacial score (nSPS) is 17.4. The average molecular weight is 279 g/mol. The van der Waals surface area contributed by atoms with Crippen molar-refractivity contribution in [3.8, 4) is 0 Å². The van der Waals surface area contributed by atoms with Crippen LogP contribution in [-0.4, -0.2) is 26.2 Å². The van der Waals surface area contributed by atoms with Crippen molar-refractivity contribution in [3.63, 3.8) is 0 Å².